The van der Waals surface area contributed by atoms with Gasteiger partial charge < -0.3 is 10.1 Å². The number of halogens is 1. The van der Waals surface area contributed by atoms with Crippen LogP contribution in [0.2, 0.25) is 0 Å². The van der Waals surface area contributed by atoms with Crippen molar-refractivity contribution in [1.82, 2.24) is 10.0 Å². The topological polar surface area (TPSA) is 67.4 Å². The molecule has 0 saturated carbocycles. The second kappa shape index (κ2) is 6.03. The Hall–Kier alpha value is -1.18. The number of hydrogen-bond acceptors (Lipinski definition) is 4. The van der Waals surface area contributed by atoms with Crippen LogP contribution in [0.15, 0.2) is 23.1 Å². The lowest BCUT2D eigenvalue weighted by Crippen LogP contribution is -2.62. The van der Waals surface area contributed by atoms with Crippen molar-refractivity contribution in [3.05, 3.63) is 24.0 Å². The average molecular weight is 344 g/mol. The van der Waals surface area contributed by atoms with Crippen molar-refractivity contribution >= 4 is 10.0 Å². The van der Waals surface area contributed by atoms with Crippen LogP contribution in [0.5, 0.6) is 5.75 Å². The highest BCUT2D eigenvalue weighted by Gasteiger charge is 2.39. The van der Waals surface area contributed by atoms with Crippen LogP contribution in [-0.2, 0) is 10.0 Å². The predicted octanol–water partition coefficient (Wildman–Crippen LogP) is 2.42. The number of methoxy groups -OCH3 is 1. The molecule has 2 rings (SSSR count). The fraction of sp³-hybridized carbons (Fsp3) is 0.625. The highest BCUT2D eigenvalue weighted by Crippen LogP contribution is 2.30. The van der Waals surface area contributed by atoms with Crippen LogP contribution in [0.25, 0.3) is 0 Å². The molecule has 2 N–H and O–H groups in total. The third kappa shape index (κ3) is 4.43. The van der Waals surface area contributed by atoms with Crippen LogP contribution in [-0.4, -0.2) is 32.6 Å². The van der Waals surface area contributed by atoms with Gasteiger partial charge in [-0.15, -0.1) is 0 Å². The van der Waals surface area contributed by atoms with E-state index >= 15 is 0 Å². The Morgan fingerprint density at radius 3 is 2.30 bits per heavy atom. The van der Waals surface area contributed by atoms with Crippen molar-refractivity contribution in [3.63, 3.8) is 0 Å². The summed E-state index contributed by atoms with van der Waals surface area (Å²) in [5.74, 6) is -0.672. The molecule has 1 aromatic carbocycles. The minimum absolute atomic E-state index is 0.00453. The van der Waals surface area contributed by atoms with Gasteiger partial charge in [-0.2, -0.15) is 0 Å². The first-order valence-electron chi connectivity index (χ1n) is 7.59. The summed E-state index contributed by atoms with van der Waals surface area (Å²) >= 11 is 0. The largest absolute Gasteiger partial charge is 0.494 e. The van der Waals surface area contributed by atoms with E-state index in [1.54, 1.807) is 0 Å². The fourth-order valence-electron chi connectivity index (χ4n) is 3.50. The van der Waals surface area contributed by atoms with E-state index < -0.39 is 15.8 Å². The molecule has 0 radical (unpaired) electrons. The van der Waals surface area contributed by atoms with Gasteiger partial charge in [0.1, 0.15) is 0 Å². The first kappa shape index (κ1) is 18.2. The van der Waals surface area contributed by atoms with Gasteiger partial charge in [0.2, 0.25) is 10.0 Å². The van der Waals surface area contributed by atoms with E-state index in [4.69, 9.17) is 4.74 Å². The van der Waals surface area contributed by atoms with Crippen LogP contribution in [0, 0.1) is 5.82 Å². The van der Waals surface area contributed by atoms with Gasteiger partial charge in [0, 0.05) is 23.2 Å². The molecule has 130 valence electrons. The number of nitrogens with one attached hydrogen (secondary N) is 2. The summed E-state index contributed by atoms with van der Waals surface area (Å²) in [5.41, 5.74) is -0.342. The van der Waals surface area contributed by atoms with Gasteiger partial charge >= 0.3 is 0 Å². The minimum Gasteiger partial charge on any atom is -0.494 e. The predicted molar refractivity (Wildman–Crippen MR) is 87.6 cm³/mol. The van der Waals surface area contributed by atoms with Gasteiger partial charge in [-0.25, -0.2) is 17.5 Å². The summed E-state index contributed by atoms with van der Waals surface area (Å²) in [6.45, 7) is 8.21. The lowest BCUT2D eigenvalue weighted by atomic mass is 9.80. The maximum Gasteiger partial charge on any atom is 0.240 e. The van der Waals surface area contributed by atoms with Crippen molar-refractivity contribution < 1.29 is 17.5 Å². The van der Waals surface area contributed by atoms with E-state index in [0.29, 0.717) is 12.8 Å². The third-order valence-electron chi connectivity index (χ3n) is 3.94. The quantitative estimate of drug-likeness (QED) is 0.880. The molecule has 23 heavy (non-hydrogen) atoms. The van der Waals surface area contributed by atoms with Crippen molar-refractivity contribution in [3.8, 4) is 5.75 Å². The SMILES string of the molecule is COc1cc(S(=O)(=O)NC2CC(C)(C)NC(C)(C)C2)ccc1F. The Bertz CT molecular complexity index is 671. The number of piperidine rings is 1. The van der Waals surface area contributed by atoms with Crippen molar-refractivity contribution in [2.45, 2.75) is 62.6 Å². The van der Waals surface area contributed by atoms with E-state index in [1.807, 2.05) is 0 Å². The normalized spacial score (nSPS) is 21.1. The number of sulfonamides is 1. The monoisotopic (exact) mass is 344 g/mol. The molecule has 0 spiro atoms. The number of hydrogen-bond donors (Lipinski definition) is 2. The number of benzene rings is 1. The molecule has 1 aliphatic rings. The second-order valence-electron chi connectivity index (χ2n) is 7.42. The second-order valence-corrected chi connectivity index (χ2v) is 9.13. The lowest BCUT2D eigenvalue weighted by molar-refractivity contribution is 0.157. The van der Waals surface area contributed by atoms with Gasteiger partial charge in [0.05, 0.1) is 12.0 Å². The van der Waals surface area contributed by atoms with Crippen LogP contribution in [0.3, 0.4) is 0 Å². The standard InChI is InChI=1S/C16H25FN2O3S/c1-15(2)9-11(10-16(3,4)19-15)18-23(20,21)12-6-7-13(17)14(8-12)22-5/h6-8,11,18-19H,9-10H2,1-5H3. The summed E-state index contributed by atoms with van der Waals surface area (Å²) in [6, 6.07) is 3.36. The summed E-state index contributed by atoms with van der Waals surface area (Å²) in [7, 11) is -2.43. The summed E-state index contributed by atoms with van der Waals surface area (Å²) in [5, 5.41) is 3.51. The molecular formula is C16H25FN2O3S. The zero-order valence-corrected chi connectivity index (χ0v) is 15.1. The van der Waals surface area contributed by atoms with Gasteiger partial charge in [0.15, 0.2) is 11.6 Å². The summed E-state index contributed by atoms with van der Waals surface area (Å²) < 4.78 is 46.3. The van der Waals surface area contributed by atoms with Crippen molar-refractivity contribution in [2.75, 3.05) is 7.11 Å². The summed E-state index contributed by atoms with van der Waals surface area (Å²) in [4.78, 5) is 0.00453. The number of ether oxygens (including phenoxy) is 1. The molecule has 5 nitrogen and oxygen atoms in total. The zero-order chi connectivity index (χ0) is 17.5. The zero-order valence-electron chi connectivity index (χ0n) is 14.2. The van der Waals surface area contributed by atoms with E-state index in [-0.39, 0.29) is 27.8 Å². The van der Waals surface area contributed by atoms with Crippen LogP contribution >= 0.6 is 0 Å². The van der Waals surface area contributed by atoms with Crippen LogP contribution in [0.4, 0.5) is 4.39 Å². The molecule has 0 unspecified atom stereocenters. The molecule has 0 atom stereocenters. The summed E-state index contributed by atoms with van der Waals surface area (Å²) in [6.07, 6.45) is 1.35. The Morgan fingerprint density at radius 1 is 1.22 bits per heavy atom. The Kier molecular flexibility index (Phi) is 4.76. The van der Waals surface area contributed by atoms with Crippen LogP contribution < -0.4 is 14.8 Å². The molecule has 1 fully saturated rings. The third-order valence-corrected chi connectivity index (χ3v) is 5.46. The molecule has 0 amide bonds. The van der Waals surface area contributed by atoms with Crippen LogP contribution in [0.1, 0.15) is 40.5 Å². The Morgan fingerprint density at radius 2 is 1.78 bits per heavy atom. The lowest BCUT2D eigenvalue weighted by Gasteiger charge is -2.46. The first-order valence-corrected chi connectivity index (χ1v) is 9.08. The maximum atomic E-state index is 13.5. The number of rotatable bonds is 4. The van der Waals surface area contributed by atoms with E-state index in [2.05, 4.69) is 37.7 Å². The van der Waals surface area contributed by atoms with E-state index in [1.165, 1.54) is 19.2 Å². The Balaban J connectivity index is 2.24. The molecule has 0 aliphatic carbocycles. The molecule has 1 aliphatic heterocycles. The highest BCUT2D eigenvalue weighted by atomic mass is 32.2. The molecular weight excluding hydrogens is 319 g/mol. The van der Waals surface area contributed by atoms with Gasteiger partial charge in [-0.1, -0.05) is 0 Å². The molecule has 1 saturated heterocycles. The maximum absolute atomic E-state index is 13.5. The average Bonchev–Trinajstić information content (AvgIpc) is 2.34. The van der Waals surface area contributed by atoms with Gasteiger partial charge in [0.25, 0.3) is 0 Å². The molecule has 7 heteroatoms. The van der Waals surface area contributed by atoms with E-state index in [9.17, 15) is 12.8 Å². The first-order chi connectivity index (χ1) is 10.4. The Labute approximate surface area is 137 Å². The fourth-order valence-corrected chi connectivity index (χ4v) is 4.75. The van der Waals surface area contributed by atoms with Crippen molar-refractivity contribution in [2.24, 2.45) is 0 Å². The highest BCUT2D eigenvalue weighted by molar-refractivity contribution is 7.89. The smallest absolute Gasteiger partial charge is 0.240 e. The van der Waals surface area contributed by atoms with Gasteiger partial charge in [-0.3, -0.25) is 0 Å². The van der Waals surface area contributed by atoms with E-state index in [0.717, 1.165) is 6.07 Å². The molecule has 1 aromatic rings. The molecule has 0 aromatic heterocycles. The minimum atomic E-state index is -3.73. The molecule has 1 heterocycles. The van der Waals surface area contributed by atoms with Gasteiger partial charge in [-0.05, 0) is 52.7 Å². The molecule has 0 bridgehead atoms. The van der Waals surface area contributed by atoms with Crippen molar-refractivity contribution in [1.29, 1.82) is 0 Å².